The molecule has 0 spiro atoms. The smallest absolute Gasteiger partial charge is 0.338 e. The highest BCUT2D eigenvalue weighted by atomic mass is 32.2. The SMILES string of the molecule is C[C@@H]1C(=O)O[C@@H](O/C=C2\C(=O)O[C@H]3C=CC[C@@H]23)[C@@H]1Sc1ccccc1. The molecule has 0 N–H and O–H groups in total. The standard InChI is InChI=1S/C19H18O5S/c1-11-16(25-12-6-3-2-4-7-12)19(24-17(11)20)22-10-14-13-8-5-9-15(13)23-18(14)21/h2-7,9-11,13,15-16,19H,8H2,1H3/b14-10-/t11-,13-,15-,16+,19+/m0/s1. The van der Waals surface area contributed by atoms with E-state index in [1.165, 1.54) is 6.26 Å². The van der Waals surface area contributed by atoms with E-state index in [4.69, 9.17) is 14.2 Å². The van der Waals surface area contributed by atoms with Crippen LogP contribution in [-0.2, 0) is 23.8 Å². The minimum Gasteiger partial charge on any atom is -0.461 e. The maximum absolute atomic E-state index is 12.0. The van der Waals surface area contributed by atoms with E-state index in [-0.39, 0.29) is 35.1 Å². The van der Waals surface area contributed by atoms with Gasteiger partial charge >= 0.3 is 11.9 Å². The predicted octanol–water partition coefficient (Wildman–Crippen LogP) is 3.07. The van der Waals surface area contributed by atoms with Crippen LogP contribution < -0.4 is 0 Å². The van der Waals surface area contributed by atoms with E-state index in [1.807, 2.05) is 49.4 Å². The fraction of sp³-hybridized carbons (Fsp3) is 0.368. The number of hydrogen-bond donors (Lipinski definition) is 0. The van der Waals surface area contributed by atoms with Gasteiger partial charge in [-0.2, -0.15) is 0 Å². The summed E-state index contributed by atoms with van der Waals surface area (Å²) in [4.78, 5) is 25.0. The molecule has 1 aliphatic carbocycles. The van der Waals surface area contributed by atoms with E-state index in [0.717, 1.165) is 11.3 Å². The monoisotopic (exact) mass is 358 g/mol. The van der Waals surface area contributed by atoms with Crippen molar-refractivity contribution in [2.45, 2.75) is 35.9 Å². The van der Waals surface area contributed by atoms with Crippen LogP contribution in [0.5, 0.6) is 0 Å². The first-order chi connectivity index (χ1) is 12.1. The number of hydrogen-bond acceptors (Lipinski definition) is 6. The fourth-order valence-corrected chi connectivity index (χ4v) is 4.42. The molecule has 5 nitrogen and oxygen atoms in total. The van der Waals surface area contributed by atoms with Gasteiger partial charge in [0, 0.05) is 10.8 Å². The highest BCUT2D eigenvalue weighted by Gasteiger charge is 2.45. The zero-order valence-electron chi connectivity index (χ0n) is 13.7. The average Bonchev–Trinajstić information content (AvgIpc) is 3.24. The van der Waals surface area contributed by atoms with Gasteiger partial charge in [-0.3, -0.25) is 4.79 Å². The minimum absolute atomic E-state index is 0.00209. The molecule has 0 radical (unpaired) electrons. The molecule has 1 aromatic carbocycles. The normalized spacial score (nSPS) is 34.9. The van der Waals surface area contributed by atoms with Gasteiger partial charge in [0.2, 0.25) is 0 Å². The molecule has 4 rings (SSSR count). The summed E-state index contributed by atoms with van der Waals surface area (Å²) in [6.45, 7) is 1.83. The van der Waals surface area contributed by atoms with Crippen LogP contribution >= 0.6 is 11.8 Å². The molecule has 3 aliphatic rings. The number of esters is 2. The molecule has 2 aliphatic heterocycles. The zero-order valence-corrected chi connectivity index (χ0v) is 14.5. The number of ether oxygens (including phenoxy) is 3. The van der Waals surface area contributed by atoms with Crippen LogP contribution in [-0.4, -0.2) is 29.6 Å². The van der Waals surface area contributed by atoms with Crippen LogP contribution in [0.2, 0.25) is 0 Å². The summed E-state index contributed by atoms with van der Waals surface area (Å²) in [6, 6.07) is 9.81. The van der Waals surface area contributed by atoms with Gasteiger partial charge in [-0.1, -0.05) is 31.2 Å². The summed E-state index contributed by atoms with van der Waals surface area (Å²) in [5, 5.41) is -0.179. The van der Waals surface area contributed by atoms with Gasteiger partial charge < -0.3 is 14.2 Å². The summed E-state index contributed by atoms with van der Waals surface area (Å²) < 4.78 is 16.4. The molecule has 2 saturated heterocycles. The molecule has 5 atom stereocenters. The molecule has 2 heterocycles. The summed E-state index contributed by atoms with van der Waals surface area (Å²) in [6.07, 6.45) is 5.17. The van der Waals surface area contributed by atoms with Gasteiger partial charge in [0.25, 0.3) is 6.29 Å². The molecule has 0 aromatic heterocycles. The van der Waals surface area contributed by atoms with E-state index >= 15 is 0 Å². The second-order valence-electron chi connectivity index (χ2n) is 6.34. The molecule has 130 valence electrons. The predicted molar refractivity (Wildman–Crippen MR) is 91.4 cm³/mol. The van der Waals surface area contributed by atoms with Gasteiger partial charge in [0.15, 0.2) is 0 Å². The number of cyclic esters (lactones) is 1. The van der Waals surface area contributed by atoms with Gasteiger partial charge in [-0.05, 0) is 24.6 Å². The van der Waals surface area contributed by atoms with Crippen molar-refractivity contribution in [1.82, 2.24) is 0 Å². The van der Waals surface area contributed by atoms with E-state index in [2.05, 4.69) is 0 Å². The Morgan fingerprint density at radius 1 is 1.20 bits per heavy atom. The second-order valence-corrected chi connectivity index (χ2v) is 7.59. The number of carbonyl (C=O) groups excluding carboxylic acids is 2. The number of carbonyl (C=O) groups is 2. The Labute approximate surface area is 150 Å². The molecule has 2 fully saturated rings. The lowest BCUT2D eigenvalue weighted by Crippen LogP contribution is -2.24. The van der Waals surface area contributed by atoms with E-state index < -0.39 is 6.29 Å². The minimum atomic E-state index is -0.721. The van der Waals surface area contributed by atoms with Crippen LogP contribution in [0.25, 0.3) is 0 Å². The number of benzene rings is 1. The number of rotatable bonds is 4. The lowest BCUT2D eigenvalue weighted by atomic mass is 9.99. The summed E-state index contributed by atoms with van der Waals surface area (Å²) in [5.41, 5.74) is 0.508. The number of allylic oxidation sites excluding steroid dienone is 1. The van der Waals surface area contributed by atoms with Gasteiger partial charge in [0.05, 0.1) is 23.0 Å². The molecular weight excluding hydrogens is 340 g/mol. The van der Waals surface area contributed by atoms with Crippen molar-refractivity contribution in [3.8, 4) is 0 Å². The number of thioether (sulfide) groups is 1. The molecular formula is C19H18O5S. The van der Waals surface area contributed by atoms with E-state index in [9.17, 15) is 9.59 Å². The first-order valence-electron chi connectivity index (χ1n) is 8.29. The van der Waals surface area contributed by atoms with Crippen molar-refractivity contribution < 1.29 is 23.8 Å². The maximum atomic E-state index is 12.0. The van der Waals surface area contributed by atoms with Crippen LogP contribution in [0.1, 0.15) is 13.3 Å². The largest absolute Gasteiger partial charge is 0.461 e. The van der Waals surface area contributed by atoms with E-state index in [0.29, 0.717) is 5.57 Å². The Bertz CT molecular complexity index is 741. The number of fused-ring (bicyclic) bond motifs is 1. The maximum Gasteiger partial charge on any atom is 0.338 e. The van der Waals surface area contributed by atoms with Crippen molar-refractivity contribution in [3.63, 3.8) is 0 Å². The quantitative estimate of drug-likeness (QED) is 0.357. The van der Waals surface area contributed by atoms with Gasteiger partial charge in [-0.25, -0.2) is 4.79 Å². The van der Waals surface area contributed by atoms with Gasteiger partial charge in [0.1, 0.15) is 6.10 Å². The second kappa shape index (κ2) is 6.59. The zero-order chi connectivity index (χ0) is 17.4. The van der Waals surface area contributed by atoms with Crippen molar-refractivity contribution in [2.24, 2.45) is 11.8 Å². The topological polar surface area (TPSA) is 61.8 Å². The van der Waals surface area contributed by atoms with Crippen molar-refractivity contribution in [2.75, 3.05) is 0 Å². The van der Waals surface area contributed by atoms with Crippen LogP contribution in [0.3, 0.4) is 0 Å². The average molecular weight is 358 g/mol. The highest BCUT2D eigenvalue weighted by Crippen LogP contribution is 2.39. The Balaban J connectivity index is 1.49. The first kappa shape index (κ1) is 16.3. The Hall–Kier alpha value is -2.21. The van der Waals surface area contributed by atoms with Crippen LogP contribution in [0.4, 0.5) is 0 Å². The highest BCUT2D eigenvalue weighted by molar-refractivity contribution is 8.00. The molecule has 6 heteroatoms. The van der Waals surface area contributed by atoms with Crippen molar-refractivity contribution >= 4 is 23.7 Å². The van der Waals surface area contributed by atoms with Crippen molar-refractivity contribution in [3.05, 3.63) is 54.3 Å². The molecule has 0 unspecified atom stereocenters. The third-order valence-electron chi connectivity index (χ3n) is 4.70. The summed E-state index contributed by atoms with van der Waals surface area (Å²) in [7, 11) is 0. The first-order valence-corrected chi connectivity index (χ1v) is 9.17. The lowest BCUT2D eigenvalue weighted by molar-refractivity contribution is -0.156. The Kier molecular flexibility index (Phi) is 4.29. The molecule has 0 bridgehead atoms. The summed E-state index contributed by atoms with van der Waals surface area (Å²) >= 11 is 1.55. The Morgan fingerprint density at radius 2 is 2.00 bits per heavy atom. The molecule has 25 heavy (non-hydrogen) atoms. The van der Waals surface area contributed by atoms with Crippen molar-refractivity contribution in [1.29, 1.82) is 0 Å². The fourth-order valence-electron chi connectivity index (χ4n) is 3.25. The van der Waals surface area contributed by atoms with Crippen LogP contribution in [0, 0.1) is 11.8 Å². The summed E-state index contributed by atoms with van der Waals surface area (Å²) in [5.74, 6) is -0.928. The molecule has 1 aromatic rings. The van der Waals surface area contributed by atoms with Crippen LogP contribution in [0.15, 0.2) is 59.2 Å². The Morgan fingerprint density at radius 3 is 2.80 bits per heavy atom. The third kappa shape index (κ3) is 3.06. The third-order valence-corrected chi connectivity index (χ3v) is 6.15. The molecule has 0 saturated carbocycles. The molecule has 0 amide bonds. The van der Waals surface area contributed by atoms with Gasteiger partial charge in [-0.15, -0.1) is 11.8 Å². The van der Waals surface area contributed by atoms with E-state index in [1.54, 1.807) is 11.8 Å². The lowest BCUT2D eigenvalue weighted by Gasteiger charge is -2.18.